The van der Waals surface area contributed by atoms with Crippen molar-refractivity contribution in [1.82, 2.24) is 15.1 Å². The number of para-hydroxylation sites is 1. The van der Waals surface area contributed by atoms with Crippen LogP contribution in [0.15, 0.2) is 36.7 Å². The zero-order valence-electron chi connectivity index (χ0n) is 11.3. The molecule has 0 aliphatic carbocycles. The van der Waals surface area contributed by atoms with Crippen LogP contribution in [0, 0.1) is 5.92 Å². The van der Waals surface area contributed by atoms with Crippen molar-refractivity contribution in [2.24, 2.45) is 13.0 Å². The molecule has 1 N–H and O–H groups in total. The molecule has 1 aliphatic heterocycles. The summed E-state index contributed by atoms with van der Waals surface area (Å²) in [6.07, 6.45) is 3.95. The molecule has 2 unspecified atom stereocenters. The average Bonchev–Trinajstić information content (AvgIpc) is 2.83. The third-order valence-corrected chi connectivity index (χ3v) is 3.61. The number of benzene rings is 1. The Hall–Kier alpha value is -1.81. The van der Waals surface area contributed by atoms with Gasteiger partial charge in [-0.1, -0.05) is 25.1 Å². The molecule has 2 aromatic rings. The molecule has 0 bridgehead atoms. The molecule has 0 radical (unpaired) electrons. The molecule has 4 heteroatoms. The normalized spacial score (nSPS) is 21.8. The molecule has 2 heterocycles. The number of aromatic nitrogens is 2. The highest BCUT2D eigenvalue weighted by atomic mass is 16.5. The quantitative estimate of drug-likeness (QED) is 0.917. The number of fused-ring (bicyclic) bond motifs is 1. The summed E-state index contributed by atoms with van der Waals surface area (Å²) in [6, 6.07) is 8.61. The first-order valence-corrected chi connectivity index (χ1v) is 6.66. The largest absolute Gasteiger partial charge is 0.493 e. The molecule has 4 nitrogen and oxygen atoms in total. The van der Waals surface area contributed by atoms with Crippen molar-refractivity contribution in [3.8, 4) is 5.75 Å². The number of rotatable bonds is 3. The molecule has 0 saturated carbocycles. The van der Waals surface area contributed by atoms with E-state index in [9.17, 15) is 0 Å². The van der Waals surface area contributed by atoms with Crippen LogP contribution in [0.5, 0.6) is 5.75 Å². The van der Waals surface area contributed by atoms with E-state index in [1.54, 1.807) is 0 Å². The first-order chi connectivity index (χ1) is 9.24. The van der Waals surface area contributed by atoms with Crippen molar-refractivity contribution in [3.63, 3.8) is 0 Å². The lowest BCUT2D eigenvalue weighted by Crippen LogP contribution is -2.33. The van der Waals surface area contributed by atoms with Crippen LogP contribution in [0.4, 0.5) is 0 Å². The molecule has 0 saturated heterocycles. The summed E-state index contributed by atoms with van der Waals surface area (Å²) in [5, 5.41) is 7.82. The summed E-state index contributed by atoms with van der Waals surface area (Å²) in [7, 11) is 1.94. The van der Waals surface area contributed by atoms with Gasteiger partial charge in [0, 0.05) is 42.9 Å². The first kappa shape index (κ1) is 12.2. The van der Waals surface area contributed by atoms with Crippen molar-refractivity contribution in [1.29, 1.82) is 0 Å². The van der Waals surface area contributed by atoms with Gasteiger partial charge in [-0.05, 0) is 6.07 Å². The molecule has 3 rings (SSSR count). The molecule has 0 spiro atoms. The van der Waals surface area contributed by atoms with Crippen molar-refractivity contribution in [3.05, 3.63) is 47.8 Å². The maximum Gasteiger partial charge on any atom is 0.124 e. The van der Waals surface area contributed by atoms with Crippen LogP contribution in [0.3, 0.4) is 0 Å². The Kier molecular flexibility index (Phi) is 3.25. The highest BCUT2D eigenvalue weighted by Crippen LogP contribution is 2.35. The van der Waals surface area contributed by atoms with Gasteiger partial charge in [-0.25, -0.2) is 0 Å². The minimum absolute atomic E-state index is 0.338. The van der Waals surface area contributed by atoms with Gasteiger partial charge in [-0.15, -0.1) is 0 Å². The van der Waals surface area contributed by atoms with Crippen LogP contribution in [-0.4, -0.2) is 16.4 Å². The molecule has 19 heavy (non-hydrogen) atoms. The fourth-order valence-corrected chi connectivity index (χ4v) is 2.59. The number of nitrogens with zero attached hydrogens (tertiary/aromatic N) is 2. The molecular weight excluding hydrogens is 238 g/mol. The van der Waals surface area contributed by atoms with Crippen molar-refractivity contribution in [2.45, 2.75) is 19.5 Å². The molecule has 1 aliphatic rings. The Bertz CT molecular complexity index is 564. The van der Waals surface area contributed by atoms with Gasteiger partial charge in [-0.3, -0.25) is 4.68 Å². The fraction of sp³-hybridized carbons (Fsp3) is 0.400. The van der Waals surface area contributed by atoms with Crippen LogP contribution in [0.25, 0.3) is 0 Å². The summed E-state index contributed by atoms with van der Waals surface area (Å²) in [5.74, 6) is 1.47. The van der Waals surface area contributed by atoms with Crippen LogP contribution in [0.1, 0.15) is 24.1 Å². The van der Waals surface area contributed by atoms with Gasteiger partial charge in [0.25, 0.3) is 0 Å². The standard InChI is InChI=1S/C15H19N3O/c1-11-10-19-14-6-4-3-5-13(14)15(11)16-7-12-8-17-18(2)9-12/h3-6,8-9,11,15-16H,7,10H2,1-2H3. The Morgan fingerprint density at radius 3 is 3.05 bits per heavy atom. The van der Waals surface area contributed by atoms with Crippen molar-refractivity contribution < 1.29 is 4.74 Å². The second-order valence-corrected chi connectivity index (χ2v) is 5.21. The van der Waals surface area contributed by atoms with Gasteiger partial charge < -0.3 is 10.1 Å². The highest BCUT2D eigenvalue weighted by molar-refractivity contribution is 5.38. The van der Waals surface area contributed by atoms with E-state index in [1.165, 1.54) is 11.1 Å². The molecule has 2 atom stereocenters. The van der Waals surface area contributed by atoms with Gasteiger partial charge in [-0.2, -0.15) is 5.10 Å². The van der Waals surface area contributed by atoms with Crippen LogP contribution in [0.2, 0.25) is 0 Å². The summed E-state index contributed by atoms with van der Waals surface area (Å²) < 4.78 is 7.60. The molecule has 100 valence electrons. The number of hydrogen-bond acceptors (Lipinski definition) is 3. The second-order valence-electron chi connectivity index (χ2n) is 5.21. The number of hydrogen-bond donors (Lipinski definition) is 1. The number of nitrogens with one attached hydrogen (secondary N) is 1. The van der Waals surface area contributed by atoms with Crippen LogP contribution < -0.4 is 10.1 Å². The smallest absolute Gasteiger partial charge is 0.124 e. The second kappa shape index (κ2) is 5.05. The predicted molar refractivity (Wildman–Crippen MR) is 73.9 cm³/mol. The summed E-state index contributed by atoms with van der Waals surface area (Å²) >= 11 is 0. The molecule has 1 aromatic heterocycles. The maximum atomic E-state index is 5.77. The first-order valence-electron chi connectivity index (χ1n) is 6.66. The van der Waals surface area contributed by atoms with E-state index in [2.05, 4.69) is 29.5 Å². The Balaban J connectivity index is 1.76. The topological polar surface area (TPSA) is 39.1 Å². The minimum atomic E-state index is 0.338. The highest BCUT2D eigenvalue weighted by Gasteiger charge is 2.27. The lowest BCUT2D eigenvalue weighted by molar-refractivity contribution is 0.188. The lowest BCUT2D eigenvalue weighted by Gasteiger charge is -2.32. The molecular formula is C15H19N3O. The van der Waals surface area contributed by atoms with E-state index in [1.807, 2.05) is 36.3 Å². The Labute approximate surface area is 113 Å². The van der Waals surface area contributed by atoms with Gasteiger partial charge in [0.1, 0.15) is 5.75 Å². The van der Waals surface area contributed by atoms with Gasteiger partial charge >= 0.3 is 0 Å². The van der Waals surface area contributed by atoms with Crippen molar-refractivity contribution in [2.75, 3.05) is 6.61 Å². The zero-order valence-corrected chi connectivity index (χ0v) is 11.3. The average molecular weight is 257 g/mol. The molecule has 0 fully saturated rings. The Morgan fingerprint density at radius 1 is 1.42 bits per heavy atom. The van der Waals surface area contributed by atoms with E-state index < -0.39 is 0 Å². The summed E-state index contributed by atoms with van der Waals surface area (Å²) in [6.45, 7) is 3.82. The van der Waals surface area contributed by atoms with Gasteiger partial charge in [0.15, 0.2) is 0 Å². The molecule has 0 amide bonds. The predicted octanol–water partition coefficient (Wildman–Crippen LogP) is 2.28. The number of ether oxygens (including phenoxy) is 1. The van der Waals surface area contributed by atoms with E-state index in [4.69, 9.17) is 4.74 Å². The van der Waals surface area contributed by atoms with E-state index in [0.717, 1.165) is 18.9 Å². The molecule has 1 aromatic carbocycles. The summed E-state index contributed by atoms with van der Waals surface area (Å²) in [4.78, 5) is 0. The fourth-order valence-electron chi connectivity index (χ4n) is 2.59. The maximum absolute atomic E-state index is 5.77. The summed E-state index contributed by atoms with van der Waals surface area (Å²) in [5.41, 5.74) is 2.46. The van der Waals surface area contributed by atoms with Gasteiger partial charge in [0.05, 0.1) is 12.8 Å². The van der Waals surface area contributed by atoms with E-state index in [0.29, 0.717) is 12.0 Å². The van der Waals surface area contributed by atoms with E-state index >= 15 is 0 Å². The van der Waals surface area contributed by atoms with Crippen LogP contribution in [-0.2, 0) is 13.6 Å². The lowest BCUT2D eigenvalue weighted by atomic mass is 9.92. The third-order valence-electron chi connectivity index (χ3n) is 3.61. The van der Waals surface area contributed by atoms with Gasteiger partial charge in [0.2, 0.25) is 0 Å². The number of aryl methyl sites for hydroxylation is 1. The SMILES string of the molecule is CC1COc2ccccc2C1NCc1cnn(C)c1. The third kappa shape index (κ3) is 2.49. The monoisotopic (exact) mass is 257 g/mol. The van der Waals surface area contributed by atoms with Crippen molar-refractivity contribution >= 4 is 0 Å². The van der Waals surface area contributed by atoms with E-state index in [-0.39, 0.29) is 0 Å². The van der Waals surface area contributed by atoms with Crippen LogP contribution >= 0.6 is 0 Å². The Morgan fingerprint density at radius 2 is 2.26 bits per heavy atom. The zero-order chi connectivity index (χ0) is 13.2. The minimum Gasteiger partial charge on any atom is -0.493 e.